The Balaban J connectivity index is 1.51. The summed E-state index contributed by atoms with van der Waals surface area (Å²) >= 11 is 0. The highest BCUT2D eigenvalue weighted by molar-refractivity contribution is 6.04. The number of aryl methyl sites for hydroxylation is 2. The van der Waals surface area contributed by atoms with Crippen LogP contribution >= 0.6 is 0 Å². The average molecular weight is 430 g/mol. The molecule has 0 saturated heterocycles. The number of anilines is 2. The third-order valence-electron chi connectivity index (χ3n) is 5.03. The van der Waals surface area contributed by atoms with Gasteiger partial charge in [0.2, 0.25) is 0 Å². The van der Waals surface area contributed by atoms with E-state index in [-0.39, 0.29) is 11.9 Å². The van der Waals surface area contributed by atoms with Gasteiger partial charge in [0.15, 0.2) is 5.65 Å². The molecule has 0 spiro atoms. The van der Waals surface area contributed by atoms with Crippen molar-refractivity contribution in [1.82, 2.24) is 19.5 Å². The van der Waals surface area contributed by atoms with Crippen LogP contribution in [0.5, 0.6) is 0 Å². The molecule has 3 N–H and O–H groups in total. The Kier molecular flexibility index (Phi) is 5.55. The van der Waals surface area contributed by atoms with Gasteiger partial charge >= 0.3 is 6.09 Å². The second kappa shape index (κ2) is 8.46. The lowest BCUT2D eigenvalue weighted by atomic mass is 10.1. The highest BCUT2D eigenvalue weighted by atomic mass is 16.4. The summed E-state index contributed by atoms with van der Waals surface area (Å²) in [6.07, 6.45) is 5.13. The quantitative estimate of drug-likeness (QED) is 0.429. The van der Waals surface area contributed by atoms with Crippen molar-refractivity contribution in [3.63, 3.8) is 0 Å². The number of pyridine rings is 1. The van der Waals surface area contributed by atoms with E-state index in [9.17, 15) is 14.7 Å². The molecular weight excluding hydrogens is 408 g/mol. The van der Waals surface area contributed by atoms with E-state index < -0.39 is 6.09 Å². The Morgan fingerprint density at radius 1 is 1.12 bits per heavy atom. The van der Waals surface area contributed by atoms with Crippen LogP contribution in [0, 0.1) is 13.8 Å². The van der Waals surface area contributed by atoms with Crippen molar-refractivity contribution in [3.8, 4) is 0 Å². The molecule has 0 fully saturated rings. The number of benzene rings is 1. The minimum atomic E-state index is -1.10. The summed E-state index contributed by atoms with van der Waals surface area (Å²) in [6.45, 7) is 5.64. The molecule has 9 heteroatoms. The molecule has 1 atom stereocenters. The van der Waals surface area contributed by atoms with Crippen molar-refractivity contribution in [3.05, 3.63) is 77.4 Å². The zero-order valence-electron chi connectivity index (χ0n) is 17.8. The minimum absolute atomic E-state index is 0.138. The number of carbonyl (C=O) groups is 2. The minimum Gasteiger partial charge on any atom is -0.464 e. The number of amides is 1. The lowest BCUT2D eigenvalue weighted by molar-refractivity contribution is 0.102. The number of nitrogens with one attached hydrogen (secondary N) is 2. The van der Waals surface area contributed by atoms with Crippen LogP contribution in [-0.4, -0.2) is 36.6 Å². The van der Waals surface area contributed by atoms with Crippen LogP contribution in [-0.2, 0) is 0 Å². The van der Waals surface area contributed by atoms with Gasteiger partial charge in [-0.25, -0.2) is 19.3 Å². The van der Waals surface area contributed by atoms with E-state index in [0.717, 1.165) is 21.3 Å². The van der Waals surface area contributed by atoms with Crippen molar-refractivity contribution < 1.29 is 14.7 Å². The van der Waals surface area contributed by atoms with Gasteiger partial charge in [-0.3, -0.25) is 9.78 Å². The largest absolute Gasteiger partial charge is 0.464 e. The normalized spacial score (nSPS) is 11.8. The fraction of sp³-hybridized carbons (Fsp3) is 0.174. The van der Waals surface area contributed by atoms with Gasteiger partial charge in [-0.05, 0) is 55.7 Å². The number of carbonyl (C=O) groups excluding carboxylic acids is 1. The van der Waals surface area contributed by atoms with Crippen molar-refractivity contribution in [2.75, 3.05) is 10.6 Å². The molecule has 4 rings (SSSR count). The molecule has 3 aromatic heterocycles. The van der Waals surface area contributed by atoms with Crippen LogP contribution < -0.4 is 10.6 Å². The highest BCUT2D eigenvalue weighted by Crippen LogP contribution is 2.24. The molecule has 1 amide bonds. The smallest absolute Gasteiger partial charge is 0.417 e. The third-order valence-corrected chi connectivity index (χ3v) is 5.03. The molecule has 1 aromatic carbocycles. The summed E-state index contributed by atoms with van der Waals surface area (Å²) in [5, 5.41) is 15.5. The van der Waals surface area contributed by atoms with Crippen LogP contribution in [0.25, 0.3) is 11.2 Å². The topological polar surface area (TPSA) is 122 Å². The molecule has 3 heterocycles. The van der Waals surface area contributed by atoms with Crippen molar-refractivity contribution in [1.29, 1.82) is 0 Å². The van der Waals surface area contributed by atoms with Crippen LogP contribution in [0.15, 0.2) is 55.1 Å². The summed E-state index contributed by atoms with van der Waals surface area (Å²) in [7, 11) is 0. The Bertz CT molecular complexity index is 1330. The van der Waals surface area contributed by atoms with E-state index in [2.05, 4.69) is 25.6 Å². The van der Waals surface area contributed by atoms with Crippen molar-refractivity contribution in [2.24, 2.45) is 0 Å². The van der Waals surface area contributed by atoms with Gasteiger partial charge in [0.05, 0.1) is 17.8 Å². The van der Waals surface area contributed by atoms with Crippen LogP contribution in [0.2, 0.25) is 0 Å². The van der Waals surface area contributed by atoms with Crippen LogP contribution in [0.1, 0.15) is 40.0 Å². The number of hydrogen-bond donors (Lipinski definition) is 3. The van der Waals surface area contributed by atoms with E-state index in [1.165, 1.54) is 18.6 Å². The first-order chi connectivity index (χ1) is 15.3. The van der Waals surface area contributed by atoms with E-state index in [4.69, 9.17) is 0 Å². The maximum absolute atomic E-state index is 12.5. The predicted molar refractivity (Wildman–Crippen MR) is 121 cm³/mol. The first-order valence-corrected chi connectivity index (χ1v) is 9.99. The van der Waals surface area contributed by atoms with E-state index in [1.807, 2.05) is 38.1 Å². The standard InChI is InChI=1S/C23H22N6O3/c1-13-7-17(10-24-9-13)22(30)27-18-6-4-5-16(8-18)15(3)26-19-11-25-21-20(28-19)14(2)12-29(21)23(31)32/h4-12,15H,1-3H3,(H,26,28)(H,27,30)(H,31,32). The number of aromatic nitrogens is 4. The Morgan fingerprint density at radius 2 is 1.94 bits per heavy atom. The molecule has 162 valence electrons. The monoisotopic (exact) mass is 430 g/mol. The summed E-state index contributed by atoms with van der Waals surface area (Å²) in [4.78, 5) is 36.7. The Hall–Kier alpha value is -4.27. The number of hydrogen-bond acceptors (Lipinski definition) is 6. The Morgan fingerprint density at radius 3 is 2.69 bits per heavy atom. The van der Waals surface area contributed by atoms with Crippen LogP contribution in [0.4, 0.5) is 16.3 Å². The van der Waals surface area contributed by atoms with E-state index in [1.54, 1.807) is 19.2 Å². The van der Waals surface area contributed by atoms with E-state index >= 15 is 0 Å². The predicted octanol–water partition coefficient (Wildman–Crippen LogP) is 4.39. The highest BCUT2D eigenvalue weighted by Gasteiger charge is 2.15. The fourth-order valence-corrected chi connectivity index (χ4v) is 3.43. The first-order valence-electron chi connectivity index (χ1n) is 9.99. The van der Waals surface area contributed by atoms with Gasteiger partial charge in [0.25, 0.3) is 5.91 Å². The fourth-order valence-electron chi connectivity index (χ4n) is 3.43. The van der Waals surface area contributed by atoms with Gasteiger partial charge in [-0.15, -0.1) is 0 Å². The summed E-state index contributed by atoms with van der Waals surface area (Å²) in [5.41, 5.74) is 4.55. The SMILES string of the molecule is Cc1cncc(C(=O)Nc2cccc(C(C)Nc3cnc4c(n3)c(C)cn4C(=O)O)c2)c1. The molecule has 0 saturated carbocycles. The molecular formula is C23H22N6O3. The lowest BCUT2D eigenvalue weighted by Crippen LogP contribution is -2.13. The second-order valence-corrected chi connectivity index (χ2v) is 7.59. The summed E-state index contributed by atoms with van der Waals surface area (Å²) in [5.74, 6) is 0.296. The molecule has 0 aliphatic rings. The lowest BCUT2D eigenvalue weighted by Gasteiger charge is -2.16. The third kappa shape index (κ3) is 4.27. The first kappa shape index (κ1) is 21.0. The maximum atomic E-state index is 12.5. The molecule has 0 bridgehead atoms. The van der Waals surface area contributed by atoms with Gasteiger partial charge in [-0.2, -0.15) is 0 Å². The van der Waals surface area contributed by atoms with Gasteiger partial charge in [-0.1, -0.05) is 12.1 Å². The molecule has 0 aliphatic carbocycles. The molecule has 0 radical (unpaired) electrons. The number of rotatable bonds is 5. The van der Waals surface area contributed by atoms with Gasteiger partial charge in [0.1, 0.15) is 11.3 Å². The van der Waals surface area contributed by atoms with Crippen molar-refractivity contribution in [2.45, 2.75) is 26.8 Å². The number of nitrogens with zero attached hydrogens (tertiary/aromatic N) is 4. The van der Waals surface area contributed by atoms with Crippen LogP contribution in [0.3, 0.4) is 0 Å². The molecule has 9 nitrogen and oxygen atoms in total. The number of fused-ring (bicyclic) bond motifs is 1. The zero-order chi connectivity index (χ0) is 22.8. The van der Waals surface area contributed by atoms with E-state index in [0.29, 0.717) is 28.2 Å². The molecule has 1 unspecified atom stereocenters. The zero-order valence-corrected chi connectivity index (χ0v) is 17.8. The molecule has 32 heavy (non-hydrogen) atoms. The molecule has 0 aliphatic heterocycles. The molecule has 4 aromatic rings. The average Bonchev–Trinajstić information content (AvgIpc) is 3.10. The van der Waals surface area contributed by atoms with Gasteiger partial charge in [0, 0.05) is 24.3 Å². The number of carboxylic acid groups (broad SMARTS) is 1. The second-order valence-electron chi connectivity index (χ2n) is 7.59. The Labute approximate surface area is 184 Å². The summed E-state index contributed by atoms with van der Waals surface area (Å²) < 4.78 is 1.06. The van der Waals surface area contributed by atoms with Crippen molar-refractivity contribution >= 4 is 34.7 Å². The maximum Gasteiger partial charge on any atom is 0.417 e. The van der Waals surface area contributed by atoms with Gasteiger partial charge < -0.3 is 15.7 Å². The summed E-state index contributed by atoms with van der Waals surface area (Å²) in [6, 6.07) is 9.16.